The fourth-order valence-electron chi connectivity index (χ4n) is 3.89. The van der Waals surface area contributed by atoms with Crippen LogP contribution in [0.4, 0.5) is 0 Å². The van der Waals surface area contributed by atoms with E-state index in [9.17, 15) is 10.2 Å². The number of aliphatic hydroxyl groups is 3. The maximum Gasteiger partial charge on any atom is 0.154 e. The number of hydrogen-bond acceptors (Lipinski definition) is 5. The van der Waals surface area contributed by atoms with Crippen molar-refractivity contribution in [1.29, 1.82) is 0 Å². The van der Waals surface area contributed by atoms with Crippen LogP contribution in [-0.2, 0) is 9.47 Å². The molecule has 0 spiro atoms. The van der Waals surface area contributed by atoms with E-state index >= 15 is 0 Å². The van der Waals surface area contributed by atoms with E-state index in [2.05, 4.69) is 6.92 Å². The molecule has 172 valence electrons. The van der Waals surface area contributed by atoms with Crippen molar-refractivity contribution in [3.05, 3.63) is 12.3 Å². The number of allylic oxidation sites excluding steroid dienone is 1. The molecule has 1 rings (SSSR count). The van der Waals surface area contributed by atoms with E-state index in [1.807, 2.05) is 6.08 Å². The molecule has 1 saturated heterocycles. The van der Waals surface area contributed by atoms with Crippen LogP contribution in [0, 0.1) is 0 Å². The highest BCUT2D eigenvalue weighted by molar-refractivity contribution is 4.91. The second kappa shape index (κ2) is 18.2. The summed E-state index contributed by atoms with van der Waals surface area (Å²) in [7, 11) is 0. The zero-order chi connectivity index (χ0) is 21.2. The van der Waals surface area contributed by atoms with E-state index in [-0.39, 0.29) is 6.61 Å². The molecular weight excluding hydrogens is 368 g/mol. The Kier molecular flexibility index (Phi) is 16.6. The first-order valence-corrected chi connectivity index (χ1v) is 12.1. The molecule has 4 atom stereocenters. The van der Waals surface area contributed by atoms with Crippen molar-refractivity contribution in [3.63, 3.8) is 0 Å². The number of ether oxygens (including phenoxy) is 2. The molecule has 3 N–H and O–H groups in total. The first-order chi connectivity index (χ1) is 14.2. The van der Waals surface area contributed by atoms with Gasteiger partial charge in [0.2, 0.25) is 0 Å². The van der Waals surface area contributed by atoms with Gasteiger partial charge in [-0.3, -0.25) is 0 Å². The summed E-state index contributed by atoms with van der Waals surface area (Å²) in [6.07, 6.45) is 20.4. The molecule has 0 amide bonds. The van der Waals surface area contributed by atoms with E-state index in [1.54, 1.807) is 6.26 Å². The predicted octanol–water partition coefficient (Wildman–Crippen LogP) is 4.87. The Morgan fingerprint density at radius 3 is 1.93 bits per heavy atom. The highest BCUT2D eigenvalue weighted by Crippen LogP contribution is 2.21. The van der Waals surface area contributed by atoms with Crippen LogP contribution in [0.1, 0.15) is 103 Å². The van der Waals surface area contributed by atoms with Crippen LogP contribution in [0.3, 0.4) is 0 Å². The van der Waals surface area contributed by atoms with Crippen molar-refractivity contribution in [2.45, 2.75) is 128 Å². The molecule has 0 aromatic heterocycles. The summed E-state index contributed by atoms with van der Waals surface area (Å²) in [5.74, 6) is 0. The Morgan fingerprint density at radius 1 is 0.897 bits per heavy atom. The first kappa shape index (κ1) is 26.4. The predicted molar refractivity (Wildman–Crippen MR) is 118 cm³/mol. The second-order valence-electron chi connectivity index (χ2n) is 8.47. The molecule has 5 heteroatoms. The fraction of sp³-hybridized carbons (Fsp3) is 0.917. The van der Waals surface area contributed by atoms with Gasteiger partial charge < -0.3 is 24.8 Å². The lowest BCUT2D eigenvalue weighted by Gasteiger charge is -2.22. The quantitative estimate of drug-likeness (QED) is 0.208. The Balaban J connectivity index is 1.88. The van der Waals surface area contributed by atoms with Gasteiger partial charge in [0.1, 0.15) is 18.3 Å². The normalized spacial score (nSPS) is 23.1. The SMILES string of the molecule is CCCCCCCCCCCCCCCC/C=C/O[C@H]1[C@@H]([C@@H](O)CO)OC[C@H]1O. The maximum atomic E-state index is 9.86. The summed E-state index contributed by atoms with van der Waals surface area (Å²) in [6, 6.07) is 0. The molecule has 0 aromatic carbocycles. The highest BCUT2D eigenvalue weighted by Gasteiger charge is 2.41. The lowest BCUT2D eigenvalue weighted by molar-refractivity contribution is -0.0721. The molecule has 0 unspecified atom stereocenters. The summed E-state index contributed by atoms with van der Waals surface area (Å²) < 4.78 is 10.8. The van der Waals surface area contributed by atoms with Crippen molar-refractivity contribution in [3.8, 4) is 0 Å². The average molecular weight is 415 g/mol. The number of unbranched alkanes of at least 4 members (excludes halogenated alkanes) is 14. The molecule has 1 aliphatic rings. The zero-order valence-electron chi connectivity index (χ0n) is 18.6. The largest absolute Gasteiger partial charge is 0.493 e. The molecule has 0 bridgehead atoms. The summed E-state index contributed by atoms with van der Waals surface area (Å²) in [4.78, 5) is 0. The third kappa shape index (κ3) is 12.6. The molecule has 0 aromatic rings. The Bertz CT molecular complexity index is 387. The van der Waals surface area contributed by atoms with Gasteiger partial charge in [0.25, 0.3) is 0 Å². The van der Waals surface area contributed by atoms with Crippen LogP contribution in [-0.4, -0.2) is 52.9 Å². The van der Waals surface area contributed by atoms with E-state index in [1.165, 1.54) is 83.5 Å². The average Bonchev–Trinajstić information content (AvgIpc) is 3.10. The Hall–Kier alpha value is -0.620. The molecule has 0 aliphatic carbocycles. The van der Waals surface area contributed by atoms with Crippen molar-refractivity contribution in [2.24, 2.45) is 0 Å². The number of rotatable bonds is 19. The molecule has 0 radical (unpaired) electrons. The van der Waals surface area contributed by atoms with Crippen LogP contribution < -0.4 is 0 Å². The molecule has 1 aliphatic heterocycles. The zero-order valence-corrected chi connectivity index (χ0v) is 18.6. The second-order valence-corrected chi connectivity index (χ2v) is 8.47. The van der Waals surface area contributed by atoms with Crippen molar-refractivity contribution < 1.29 is 24.8 Å². The number of aliphatic hydroxyl groups excluding tert-OH is 3. The van der Waals surface area contributed by atoms with Crippen LogP contribution in [0.25, 0.3) is 0 Å². The standard InChI is InChI=1S/C24H46O5/c1-2-3-4-5-6-7-8-9-10-11-12-13-14-15-16-17-18-28-24-22(27)20-29-23(24)21(26)19-25/h17-18,21-27H,2-16,19-20H2,1H3/b18-17+/t21-,22+,23+,24+/m0/s1. The summed E-state index contributed by atoms with van der Waals surface area (Å²) in [5, 5.41) is 28.6. The lowest BCUT2D eigenvalue weighted by Crippen LogP contribution is -2.41. The van der Waals surface area contributed by atoms with Gasteiger partial charge in [-0.05, 0) is 18.9 Å². The third-order valence-corrected chi connectivity index (χ3v) is 5.79. The highest BCUT2D eigenvalue weighted by atomic mass is 16.6. The minimum Gasteiger partial charge on any atom is -0.493 e. The van der Waals surface area contributed by atoms with Gasteiger partial charge in [-0.1, -0.05) is 90.4 Å². The van der Waals surface area contributed by atoms with Gasteiger partial charge in [0, 0.05) is 0 Å². The summed E-state index contributed by atoms with van der Waals surface area (Å²) in [6.45, 7) is 1.99. The summed E-state index contributed by atoms with van der Waals surface area (Å²) in [5.41, 5.74) is 0. The molecule has 5 nitrogen and oxygen atoms in total. The lowest BCUT2D eigenvalue weighted by atomic mass is 10.0. The number of hydrogen-bond donors (Lipinski definition) is 3. The molecule has 29 heavy (non-hydrogen) atoms. The molecular formula is C24H46O5. The van der Waals surface area contributed by atoms with Gasteiger partial charge in [0.15, 0.2) is 6.10 Å². The minimum absolute atomic E-state index is 0.124. The van der Waals surface area contributed by atoms with Crippen LogP contribution in [0.2, 0.25) is 0 Å². The van der Waals surface area contributed by atoms with E-state index in [0.29, 0.717) is 0 Å². The van der Waals surface area contributed by atoms with Crippen LogP contribution in [0.5, 0.6) is 0 Å². The van der Waals surface area contributed by atoms with Gasteiger partial charge in [-0.15, -0.1) is 0 Å². The van der Waals surface area contributed by atoms with Crippen molar-refractivity contribution >= 4 is 0 Å². The smallest absolute Gasteiger partial charge is 0.154 e. The molecule has 1 heterocycles. The first-order valence-electron chi connectivity index (χ1n) is 12.1. The van der Waals surface area contributed by atoms with Gasteiger partial charge >= 0.3 is 0 Å². The van der Waals surface area contributed by atoms with E-state index in [4.69, 9.17) is 14.6 Å². The van der Waals surface area contributed by atoms with Crippen LogP contribution >= 0.6 is 0 Å². The van der Waals surface area contributed by atoms with Crippen LogP contribution in [0.15, 0.2) is 12.3 Å². The Labute approximate surface area is 178 Å². The fourth-order valence-corrected chi connectivity index (χ4v) is 3.89. The minimum atomic E-state index is -1.03. The summed E-state index contributed by atoms with van der Waals surface area (Å²) >= 11 is 0. The Morgan fingerprint density at radius 2 is 1.41 bits per heavy atom. The third-order valence-electron chi connectivity index (χ3n) is 5.79. The van der Waals surface area contributed by atoms with E-state index < -0.39 is 31.0 Å². The maximum absolute atomic E-state index is 9.86. The van der Waals surface area contributed by atoms with Crippen molar-refractivity contribution in [2.75, 3.05) is 13.2 Å². The van der Waals surface area contributed by atoms with Gasteiger partial charge in [0.05, 0.1) is 19.5 Å². The monoisotopic (exact) mass is 414 g/mol. The van der Waals surface area contributed by atoms with Gasteiger partial charge in [-0.25, -0.2) is 0 Å². The molecule has 0 saturated carbocycles. The van der Waals surface area contributed by atoms with E-state index in [0.717, 1.165) is 12.8 Å². The molecule has 1 fully saturated rings. The topological polar surface area (TPSA) is 79.2 Å². The van der Waals surface area contributed by atoms with Crippen molar-refractivity contribution in [1.82, 2.24) is 0 Å². The van der Waals surface area contributed by atoms with Gasteiger partial charge in [-0.2, -0.15) is 0 Å².